The molecule has 7 heteroatoms. The summed E-state index contributed by atoms with van der Waals surface area (Å²) in [5, 5.41) is 7.00. The van der Waals surface area contributed by atoms with Crippen molar-refractivity contribution >= 4 is 22.5 Å². The average molecular weight is 302 g/mol. The molecule has 7 nitrogen and oxygen atoms in total. The van der Waals surface area contributed by atoms with E-state index >= 15 is 0 Å². The Hall–Kier alpha value is -2.57. The van der Waals surface area contributed by atoms with Gasteiger partial charge in [-0.15, -0.1) is 0 Å². The Morgan fingerprint density at radius 1 is 1.32 bits per heavy atom. The van der Waals surface area contributed by atoms with E-state index in [2.05, 4.69) is 10.4 Å². The van der Waals surface area contributed by atoms with E-state index in [4.69, 9.17) is 4.42 Å². The van der Waals surface area contributed by atoms with E-state index in [1.54, 1.807) is 17.4 Å². The van der Waals surface area contributed by atoms with Crippen molar-refractivity contribution in [1.29, 1.82) is 0 Å². The van der Waals surface area contributed by atoms with Gasteiger partial charge in [-0.05, 0) is 27.7 Å². The van der Waals surface area contributed by atoms with Crippen molar-refractivity contribution in [3.05, 3.63) is 34.1 Å². The van der Waals surface area contributed by atoms with Gasteiger partial charge in [-0.3, -0.25) is 14.0 Å². The molecule has 116 valence electrons. The normalized spacial score (nSPS) is 11.7. The van der Waals surface area contributed by atoms with Crippen LogP contribution in [0.5, 0.6) is 0 Å². The van der Waals surface area contributed by atoms with Crippen LogP contribution >= 0.6 is 0 Å². The number of rotatable bonds is 3. The summed E-state index contributed by atoms with van der Waals surface area (Å²) in [6.45, 7) is 7.29. The first-order valence-electron chi connectivity index (χ1n) is 7.15. The fourth-order valence-corrected chi connectivity index (χ4v) is 2.63. The van der Waals surface area contributed by atoms with Gasteiger partial charge in [0, 0.05) is 18.2 Å². The van der Waals surface area contributed by atoms with E-state index < -0.39 is 0 Å². The number of aromatic nitrogens is 3. The molecule has 0 aliphatic carbocycles. The van der Waals surface area contributed by atoms with E-state index in [0.717, 1.165) is 11.3 Å². The maximum atomic E-state index is 12.5. The lowest BCUT2D eigenvalue weighted by Gasteiger charge is -2.10. The highest BCUT2D eigenvalue weighted by Gasteiger charge is 2.16. The number of furan rings is 1. The van der Waals surface area contributed by atoms with Gasteiger partial charge in [-0.25, -0.2) is 4.68 Å². The van der Waals surface area contributed by atoms with Crippen LogP contribution in [0.15, 0.2) is 21.3 Å². The van der Waals surface area contributed by atoms with Gasteiger partial charge in [0.2, 0.25) is 5.91 Å². The van der Waals surface area contributed by atoms with Gasteiger partial charge in [0.15, 0.2) is 5.58 Å². The summed E-state index contributed by atoms with van der Waals surface area (Å²) >= 11 is 0. The van der Waals surface area contributed by atoms with Crippen LogP contribution < -0.4 is 10.9 Å². The van der Waals surface area contributed by atoms with E-state index in [1.165, 1.54) is 4.68 Å². The van der Waals surface area contributed by atoms with E-state index in [0.29, 0.717) is 16.9 Å². The van der Waals surface area contributed by atoms with Gasteiger partial charge in [-0.1, -0.05) is 0 Å². The van der Waals surface area contributed by atoms with Crippen molar-refractivity contribution in [3.63, 3.8) is 0 Å². The first-order chi connectivity index (χ1) is 10.4. The van der Waals surface area contributed by atoms with Crippen LogP contribution in [0.25, 0.3) is 16.6 Å². The monoisotopic (exact) mass is 302 g/mol. The molecular formula is C15H18N4O3. The van der Waals surface area contributed by atoms with Crippen molar-refractivity contribution in [2.24, 2.45) is 0 Å². The Morgan fingerprint density at radius 3 is 2.73 bits per heavy atom. The summed E-state index contributed by atoms with van der Waals surface area (Å²) in [7, 11) is 0. The summed E-state index contributed by atoms with van der Waals surface area (Å²) in [6, 6.07) is 3.58. The molecule has 0 fully saturated rings. The van der Waals surface area contributed by atoms with Gasteiger partial charge in [-0.2, -0.15) is 5.10 Å². The second kappa shape index (κ2) is 5.01. The molecule has 0 saturated carbocycles. The largest absolute Gasteiger partial charge is 0.460 e. The lowest BCUT2D eigenvalue weighted by molar-refractivity contribution is -0.122. The first kappa shape index (κ1) is 14.4. The van der Waals surface area contributed by atoms with Crippen molar-refractivity contribution < 1.29 is 9.21 Å². The zero-order valence-corrected chi connectivity index (χ0v) is 13.0. The molecule has 3 heterocycles. The highest BCUT2D eigenvalue weighted by molar-refractivity contribution is 5.83. The fraction of sp³-hybridized carbons (Fsp3) is 0.400. The molecule has 22 heavy (non-hydrogen) atoms. The lowest BCUT2D eigenvalue weighted by atomic mass is 10.4. The Bertz CT molecular complexity index is 930. The number of nitrogens with one attached hydrogen (secondary N) is 1. The van der Waals surface area contributed by atoms with Crippen LogP contribution in [-0.2, 0) is 11.3 Å². The summed E-state index contributed by atoms with van der Waals surface area (Å²) in [5.41, 5.74) is 1.60. The molecule has 3 aromatic rings. The van der Waals surface area contributed by atoms with Crippen LogP contribution in [-0.4, -0.2) is 26.1 Å². The number of hydrogen-bond acceptors (Lipinski definition) is 4. The predicted molar refractivity (Wildman–Crippen MR) is 82.0 cm³/mol. The maximum absolute atomic E-state index is 12.5. The highest BCUT2D eigenvalue weighted by atomic mass is 16.3. The third kappa shape index (κ3) is 2.28. The van der Waals surface area contributed by atoms with Gasteiger partial charge in [0.1, 0.15) is 23.6 Å². The molecule has 0 aromatic carbocycles. The second-order valence-electron chi connectivity index (χ2n) is 5.70. The Labute approximate surface area is 126 Å². The molecule has 0 aliphatic heterocycles. The second-order valence-corrected chi connectivity index (χ2v) is 5.70. The number of fused-ring (bicyclic) bond motifs is 3. The van der Waals surface area contributed by atoms with Crippen molar-refractivity contribution in [3.8, 4) is 0 Å². The molecule has 0 bridgehead atoms. The summed E-state index contributed by atoms with van der Waals surface area (Å²) in [6.07, 6.45) is 0. The number of amides is 1. The highest BCUT2D eigenvalue weighted by Crippen LogP contribution is 2.22. The summed E-state index contributed by atoms with van der Waals surface area (Å²) in [5.74, 6) is 1.17. The predicted octanol–water partition coefficient (Wildman–Crippen LogP) is 1.38. The minimum atomic E-state index is -0.312. The van der Waals surface area contributed by atoms with Gasteiger partial charge >= 0.3 is 0 Å². The van der Waals surface area contributed by atoms with Crippen molar-refractivity contribution in [2.45, 2.75) is 40.3 Å². The molecule has 0 spiro atoms. The molecule has 0 saturated heterocycles. The molecule has 0 radical (unpaired) electrons. The lowest BCUT2D eigenvalue weighted by Crippen LogP contribution is -2.37. The number of nitrogens with zero attached hydrogens (tertiary/aromatic N) is 3. The Balaban J connectivity index is 2.12. The standard InChI is InChI=1S/C15H18N4O3/c1-8(2)16-14(20)7-18-15(21)12-6-13-11(5-9(3)22-13)19(12)10(4)17-18/h5-6,8H,7H2,1-4H3,(H,16,20). The average Bonchev–Trinajstić information content (AvgIpc) is 2.90. The topological polar surface area (TPSA) is 81.5 Å². The Kier molecular flexibility index (Phi) is 3.27. The number of carbonyl (C=O) groups excluding carboxylic acids is 1. The van der Waals surface area contributed by atoms with E-state index in [9.17, 15) is 9.59 Å². The molecular weight excluding hydrogens is 284 g/mol. The number of carbonyl (C=O) groups is 1. The van der Waals surface area contributed by atoms with Crippen molar-refractivity contribution in [2.75, 3.05) is 0 Å². The molecule has 0 unspecified atom stereocenters. The van der Waals surface area contributed by atoms with Crippen molar-refractivity contribution in [1.82, 2.24) is 19.5 Å². The first-order valence-corrected chi connectivity index (χ1v) is 7.15. The van der Waals surface area contributed by atoms with Crippen LogP contribution in [0.1, 0.15) is 25.4 Å². The molecule has 0 aliphatic rings. The molecule has 3 rings (SSSR count). The molecule has 0 atom stereocenters. The van der Waals surface area contributed by atoms with Gasteiger partial charge in [0.05, 0.1) is 5.52 Å². The quantitative estimate of drug-likeness (QED) is 0.792. The van der Waals surface area contributed by atoms with E-state index in [-0.39, 0.29) is 24.1 Å². The van der Waals surface area contributed by atoms with Gasteiger partial charge in [0.25, 0.3) is 5.56 Å². The zero-order chi connectivity index (χ0) is 16.0. The van der Waals surface area contributed by atoms with Crippen LogP contribution in [0.4, 0.5) is 0 Å². The van der Waals surface area contributed by atoms with E-state index in [1.807, 2.05) is 26.8 Å². The third-order valence-electron chi connectivity index (χ3n) is 3.40. The SMILES string of the molecule is Cc1cc2c(cc3c(=O)n(CC(=O)NC(C)C)nc(C)n32)o1. The summed E-state index contributed by atoms with van der Waals surface area (Å²) in [4.78, 5) is 24.4. The van der Waals surface area contributed by atoms with Gasteiger partial charge < -0.3 is 9.73 Å². The molecule has 3 aromatic heterocycles. The van der Waals surface area contributed by atoms with Crippen LogP contribution in [0.3, 0.4) is 0 Å². The third-order valence-corrected chi connectivity index (χ3v) is 3.40. The minimum Gasteiger partial charge on any atom is -0.460 e. The maximum Gasteiger partial charge on any atom is 0.291 e. The molecule has 1 N–H and O–H groups in total. The van der Waals surface area contributed by atoms with Crippen LogP contribution in [0.2, 0.25) is 0 Å². The number of hydrogen-bond donors (Lipinski definition) is 1. The zero-order valence-electron chi connectivity index (χ0n) is 13.0. The number of aryl methyl sites for hydroxylation is 2. The fourth-order valence-electron chi connectivity index (χ4n) is 2.63. The smallest absolute Gasteiger partial charge is 0.291 e. The summed E-state index contributed by atoms with van der Waals surface area (Å²) < 4.78 is 8.50. The minimum absolute atomic E-state index is 0.0200. The molecule has 1 amide bonds. The Morgan fingerprint density at radius 2 is 2.05 bits per heavy atom. The van der Waals surface area contributed by atoms with Crippen LogP contribution in [0, 0.1) is 13.8 Å².